The minimum Gasteiger partial charge on any atom is -0.381 e. The zero-order valence-corrected chi connectivity index (χ0v) is 11.9. The number of amides is 1. The maximum atomic E-state index is 12.9. The van der Waals surface area contributed by atoms with Crippen molar-refractivity contribution in [1.29, 1.82) is 0 Å². The van der Waals surface area contributed by atoms with E-state index in [-0.39, 0.29) is 11.6 Å². The average Bonchev–Trinajstić information content (AvgIpc) is 3.26. The van der Waals surface area contributed by atoms with Gasteiger partial charge in [0.1, 0.15) is 5.66 Å². The van der Waals surface area contributed by atoms with E-state index in [0.717, 1.165) is 31.4 Å². The lowest BCUT2D eigenvalue weighted by molar-refractivity contribution is -0.0128. The number of hydrogen-bond acceptors (Lipinski definition) is 3. The van der Waals surface area contributed by atoms with E-state index in [4.69, 9.17) is 16.3 Å². The van der Waals surface area contributed by atoms with Gasteiger partial charge in [-0.3, -0.25) is 4.79 Å². The van der Waals surface area contributed by atoms with Gasteiger partial charge in [-0.15, -0.1) is 0 Å². The molecule has 1 aromatic carbocycles. The number of carbonyl (C=O) groups excluding carboxylic acids is 1. The van der Waals surface area contributed by atoms with Crippen molar-refractivity contribution in [2.24, 2.45) is 0 Å². The van der Waals surface area contributed by atoms with Crippen molar-refractivity contribution in [2.75, 3.05) is 18.5 Å². The maximum Gasteiger partial charge on any atom is 0.258 e. The van der Waals surface area contributed by atoms with E-state index in [2.05, 4.69) is 10.2 Å². The fourth-order valence-corrected chi connectivity index (χ4v) is 3.53. The van der Waals surface area contributed by atoms with Gasteiger partial charge in [0.15, 0.2) is 0 Å². The van der Waals surface area contributed by atoms with Crippen LogP contribution >= 0.6 is 11.6 Å². The average molecular weight is 293 g/mol. The molecular weight excluding hydrogens is 276 g/mol. The van der Waals surface area contributed by atoms with E-state index in [1.165, 1.54) is 0 Å². The predicted molar refractivity (Wildman–Crippen MR) is 77.1 cm³/mol. The summed E-state index contributed by atoms with van der Waals surface area (Å²) in [4.78, 5) is 15.0. The smallest absolute Gasteiger partial charge is 0.258 e. The number of fused-ring (bicyclic) bond motifs is 1. The molecule has 106 valence electrons. The van der Waals surface area contributed by atoms with Crippen molar-refractivity contribution in [3.05, 3.63) is 28.8 Å². The van der Waals surface area contributed by atoms with E-state index in [1.807, 2.05) is 12.1 Å². The fraction of sp³-hybridized carbons (Fsp3) is 0.533. The molecule has 1 saturated heterocycles. The van der Waals surface area contributed by atoms with Gasteiger partial charge in [-0.05, 0) is 31.0 Å². The van der Waals surface area contributed by atoms with Crippen LogP contribution in [0.3, 0.4) is 0 Å². The first-order valence-electron chi connectivity index (χ1n) is 7.19. The number of benzene rings is 1. The number of nitrogens with one attached hydrogen (secondary N) is 1. The maximum absolute atomic E-state index is 12.9. The monoisotopic (exact) mass is 292 g/mol. The minimum atomic E-state index is -0.267. The Labute approximate surface area is 123 Å². The Morgan fingerprint density at radius 3 is 2.75 bits per heavy atom. The zero-order valence-electron chi connectivity index (χ0n) is 11.2. The highest BCUT2D eigenvalue weighted by molar-refractivity contribution is 6.31. The molecular formula is C15H17ClN2O2. The number of hydrogen-bond donors (Lipinski definition) is 1. The Balaban J connectivity index is 1.80. The lowest BCUT2D eigenvalue weighted by Crippen LogP contribution is -2.63. The lowest BCUT2D eigenvalue weighted by atomic mass is 9.92. The normalized spacial score (nSPS) is 24.4. The number of ether oxygens (including phenoxy) is 1. The van der Waals surface area contributed by atoms with Crippen LogP contribution in [0.2, 0.25) is 5.02 Å². The second-order valence-electron chi connectivity index (χ2n) is 5.87. The Morgan fingerprint density at radius 1 is 1.30 bits per heavy atom. The highest BCUT2D eigenvalue weighted by Crippen LogP contribution is 2.44. The molecule has 0 atom stereocenters. The SMILES string of the molecule is O=C1c2cc(Cl)ccc2NC2(CCOCC2)N1C1CC1. The summed E-state index contributed by atoms with van der Waals surface area (Å²) in [5, 5.41) is 4.22. The summed E-state index contributed by atoms with van der Waals surface area (Å²) in [6.07, 6.45) is 3.90. The van der Waals surface area contributed by atoms with Crippen LogP contribution in [-0.4, -0.2) is 35.7 Å². The molecule has 0 bridgehead atoms. The highest BCUT2D eigenvalue weighted by Gasteiger charge is 2.51. The van der Waals surface area contributed by atoms with Gasteiger partial charge < -0.3 is 15.0 Å². The van der Waals surface area contributed by atoms with Crippen LogP contribution in [0.25, 0.3) is 0 Å². The summed E-state index contributed by atoms with van der Waals surface area (Å²) < 4.78 is 5.49. The number of carbonyl (C=O) groups is 1. The van der Waals surface area contributed by atoms with Crippen LogP contribution in [0.15, 0.2) is 18.2 Å². The summed E-state index contributed by atoms with van der Waals surface area (Å²) in [6, 6.07) is 5.89. The molecule has 1 aromatic rings. The molecule has 0 aromatic heterocycles. The first-order valence-corrected chi connectivity index (χ1v) is 7.57. The van der Waals surface area contributed by atoms with Gasteiger partial charge in [-0.2, -0.15) is 0 Å². The topological polar surface area (TPSA) is 41.6 Å². The zero-order chi connectivity index (χ0) is 13.7. The largest absolute Gasteiger partial charge is 0.381 e. The Hall–Kier alpha value is -1.26. The third-order valence-electron chi connectivity index (χ3n) is 4.49. The van der Waals surface area contributed by atoms with Crippen molar-refractivity contribution in [3.63, 3.8) is 0 Å². The number of anilines is 1. The minimum absolute atomic E-state index is 0.116. The van der Waals surface area contributed by atoms with Crippen LogP contribution in [0.4, 0.5) is 5.69 Å². The van der Waals surface area contributed by atoms with Crippen LogP contribution in [0.5, 0.6) is 0 Å². The van der Waals surface area contributed by atoms with Crippen LogP contribution in [0, 0.1) is 0 Å². The van der Waals surface area contributed by atoms with Crippen molar-refractivity contribution in [3.8, 4) is 0 Å². The summed E-state index contributed by atoms with van der Waals surface area (Å²) in [5.41, 5.74) is 1.33. The van der Waals surface area contributed by atoms with Gasteiger partial charge in [0.2, 0.25) is 0 Å². The molecule has 20 heavy (non-hydrogen) atoms. The third-order valence-corrected chi connectivity index (χ3v) is 4.73. The number of halogens is 1. The van der Waals surface area contributed by atoms with Gasteiger partial charge in [0.05, 0.1) is 18.8 Å². The van der Waals surface area contributed by atoms with Crippen molar-refractivity contribution < 1.29 is 9.53 Å². The molecule has 0 radical (unpaired) electrons. The van der Waals surface area contributed by atoms with Crippen LogP contribution < -0.4 is 5.32 Å². The predicted octanol–water partition coefficient (Wildman–Crippen LogP) is 2.88. The Morgan fingerprint density at radius 2 is 2.05 bits per heavy atom. The van der Waals surface area contributed by atoms with Crippen LogP contribution in [0.1, 0.15) is 36.0 Å². The molecule has 1 amide bonds. The van der Waals surface area contributed by atoms with E-state index in [9.17, 15) is 4.79 Å². The molecule has 1 aliphatic carbocycles. The first-order chi connectivity index (χ1) is 9.70. The second-order valence-corrected chi connectivity index (χ2v) is 6.30. The summed E-state index contributed by atoms with van der Waals surface area (Å²) in [7, 11) is 0. The van der Waals surface area contributed by atoms with Gasteiger partial charge in [0.25, 0.3) is 5.91 Å². The quantitative estimate of drug-likeness (QED) is 0.865. The van der Waals surface area contributed by atoms with Gasteiger partial charge in [0, 0.05) is 29.6 Å². The molecule has 1 N–H and O–H groups in total. The van der Waals surface area contributed by atoms with E-state index >= 15 is 0 Å². The lowest BCUT2D eigenvalue weighted by Gasteiger charge is -2.50. The molecule has 2 heterocycles. The molecule has 4 nitrogen and oxygen atoms in total. The van der Waals surface area contributed by atoms with Crippen LogP contribution in [-0.2, 0) is 4.74 Å². The molecule has 2 fully saturated rings. The molecule has 3 aliphatic rings. The number of rotatable bonds is 1. The first kappa shape index (κ1) is 12.5. The molecule has 2 aliphatic heterocycles. The third kappa shape index (κ3) is 1.82. The van der Waals surface area contributed by atoms with Crippen molar-refractivity contribution in [1.82, 2.24) is 4.90 Å². The van der Waals surface area contributed by atoms with E-state index in [0.29, 0.717) is 29.8 Å². The molecule has 4 rings (SSSR count). The Kier molecular flexibility index (Phi) is 2.72. The summed E-state index contributed by atoms with van der Waals surface area (Å²) in [5.74, 6) is 0.116. The standard InChI is InChI=1S/C15H17ClN2O2/c16-10-1-4-13-12(9-10)14(19)18(11-2-3-11)15(17-13)5-7-20-8-6-15/h1,4,9,11,17H,2-3,5-8H2. The van der Waals surface area contributed by atoms with Gasteiger partial charge in [-0.25, -0.2) is 0 Å². The second kappa shape index (κ2) is 4.37. The molecule has 0 unspecified atom stereocenters. The van der Waals surface area contributed by atoms with E-state index < -0.39 is 0 Å². The molecule has 1 saturated carbocycles. The highest BCUT2D eigenvalue weighted by atomic mass is 35.5. The van der Waals surface area contributed by atoms with Crippen molar-refractivity contribution in [2.45, 2.75) is 37.4 Å². The Bertz CT molecular complexity index is 565. The summed E-state index contributed by atoms with van der Waals surface area (Å²) >= 11 is 6.04. The van der Waals surface area contributed by atoms with E-state index in [1.54, 1.807) is 6.07 Å². The number of nitrogens with zero attached hydrogens (tertiary/aromatic N) is 1. The van der Waals surface area contributed by atoms with Gasteiger partial charge in [-0.1, -0.05) is 11.6 Å². The molecule has 5 heteroatoms. The fourth-order valence-electron chi connectivity index (χ4n) is 3.36. The summed E-state index contributed by atoms with van der Waals surface area (Å²) in [6.45, 7) is 1.40. The van der Waals surface area contributed by atoms with Crippen molar-refractivity contribution >= 4 is 23.2 Å². The molecule has 1 spiro atoms. The van der Waals surface area contributed by atoms with Gasteiger partial charge >= 0.3 is 0 Å².